The third-order valence-corrected chi connectivity index (χ3v) is 5.79. The van der Waals surface area contributed by atoms with E-state index in [4.69, 9.17) is 11.6 Å². The van der Waals surface area contributed by atoms with E-state index >= 15 is 0 Å². The molecule has 1 aliphatic carbocycles. The van der Waals surface area contributed by atoms with E-state index in [1.165, 1.54) is 23.1 Å². The Morgan fingerprint density at radius 1 is 1.17 bits per heavy atom. The highest BCUT2D eigenvalue weighted by molar-refractivity contribution is 6.30. The van der Waals surface area contributed by atoms with Crippen LogP contribution in [0.5, 0.6) is 0 Å². The number of aliphatic hydroxyl groups is 1. The molecule has 1 saturated heterocycles. The van der Waals surface area contributed by atoms with Crippen LogP contribution < -0.4 is 4.90 Å². The van der Waals surface area contributed by atoms with E-state index in [9.17, 15) is 23.9 Å². The summed E-state index contributed by atoms with van der Waals surface area (Å²) in [7, 11) is 0. The van der Waals surface area contributed by atoms with E-state index in [-0.39, 0.29) is 36.6 Å². The summed E-state index contributed by atoms with van der Waals surface area (Å²) in [5.74, 6) is -1.75. The lowest BCUT2D eigenvalue weighted by molar-refractivity contribution is -0.147. The fourth-order valence-electron chi connectivity index (χ4n) is 3.93. The van der Waals surface area contributed by atoms with E-state index in [0.717, 1.165) is 11.1 Å². The van der Waals surface area contributed by atoms with Gasteiger partial charge in [-0.3, -0.25) is 14.4 Å². The minimum Gasteiger partial charge on any atom is -0.373 e. The van der Waals surface area contributed by atoms with Crippen molar-refractivity contribution in [1.82, 2.24) is 0 Å². The maximum Gasteiger partial charge on any atom is 0.266 e. The summed E-state index contributed by atoms with van der Waals surface area (Å²) in [6.07, 6.45) is 3.56. The van der Waals surface area contributed by atoms with Crippen molar-refractivity contribution in [1.29, 1.82) is 0 Å². The molecule has 154 valence electrons. The maximum atomic E-state index is 13.5. The molecule has 0 spiro atoms. The van der Waals surface area contributed by atoms with Crippen LogP contribution in [-0.2, 0) is 27.2 Å². The van der Waals surface area contributed by atoms with E-state index < -0.39 is 23.1 Å². The number of anilines is 1. The van der Waals surface area contributed by atoms with Crippen LogP contribution in [0.1, 0.15) is 29.5 Å². The van der Waals surface area contributed by atoms with Crippen LogP contribution >= 0.6 is 11.6 Å². The molecule has 0 unspecified atom stereocenters. The zero-order valence-corrected chi connectivity index (χ0v) is 16.8. The van der Waals surface area contributed by atoms with Crippen LogP contribution in [0.4, 0.5) is 10.1 Å². The summed E-state index contributed by atoms with van der Waals surface area (Å²) in [5.41, 5.74) is 0.704. The topological polar surface area (TPSA) is 74.7 Å². The van der Waals surface area contributed by atoms with Crippen LogP contribution in [0.15, 0.2) is 42.5 Å². The highest BCUT2D eigenvalue weighted by Gasteiger charge is 2.50. The minimum atomic E-state index is -2.10. The molecule has 1 atom stereocenters. The Morgan fingerprint density at radius 3 is 2.73 bits per heavy atom. The van der Waals surface area contributed by atoms with E-state index in [2.05, 4.69) is 0 Å². The SMILES string of the molecule is O=C1C=Cc2cc(N3CC[C@](O)(C(=O)CCc4cc(F)cc(Cl)c4)C3=O)ccc2C1. The predicted molar refractivity (Wildman–Crippen MR) is 111 cm³/mol. The first-order valence-electron chi connectivity index (χ1n) is 9.63. The zero-order valence-electron chi connectivity index (χ0n) is 16.0. The highest BCUT2D eigenvalue weighted by Crippen LogP contribution is 2.32. The van der Waals surface area contributed by atoms with Gasteiger partial charge < -0.3 is 10.0 Å². The number of halogens is 2. The van der Waals surface area contributed by atoms with Gasteiger partial charge >= 0.3 is 0 Å². The molecule has 0 radical (unpaired) electrons. The van der Waals surface area contributed by atoms with E-state index in [1.54, 1.807) is 30.3 Å². The van der Waals surface area contributed by atoms with Crippen LogP contribution in [0, 0.1) is 5.82 Å². The lowest BCUT2D eigenvalue weighted by Crippen LogP contribution is -2.47. The van der Waals surface area contributed by atoms with Crippen molar-refractivity contribution in [2.45, 2.75) is 31.3 Å². The largest absolute Gasteiger partial charge is 0.373 e. The standard InChI is InChI=1S/C23H19ClFNO4/c24-17-9-14(10-18(25)13-17)1-6-21(28)23(30)7-8-26(22(23)29)19-4-2-16-12-20(27)5-3-15(16)11-19/h2-5,9-11,13,30H,1,6-8,12H2/t23-/m0/s1. The highest BCUT2D eigenvalue weighted by atomic mass is 35.5. The fraction of sp³-hybridized carbons (Fsp3) is 0.261. The van der Waals surface area contributed by atoms with Gasteiger partial charge in [-0.25, -0.2) is 4.39 Å². The summed E-state index contributed by atoms with van der Waals surface area (Å²) >= 11 is 5.83. The minimum absolute atomic E-state index is 0.0139. The molecule has 0 aromatic heterocycles. The van der Waals surface area contributed by atoms with Crippen molar-refractivity contribution >= 4 is 40.8 Å². The molecule has 0 bridgehead atoms. The normalized spacial score (nSPS) is 20.6. The molecule has 1 amide bonds. The Labute approximate surface area is 177 Å². The average molecular weight is 428 g/mol. The molecular weight excluding hydrogens is 409 g/mol. The second-order valence-corrected chi connectivity index (χ2v) is 8.06. The number of allylic oxidation sites excluding steroid dienone is 1. The van der Waals surface area contributed by atoms with Crippen LogP contribution in [0.2, 0.25) is 5.02 Å². The number of carbonyl (C=O) groups is 3. The monoisotopic (exact) mass is 427 g/mol. The predicted octanol–water partition coefficient (Wildman–Crippen LogP) is 3.29. The zero-order chi connectivity index (χ0) is 21.5. The number of hydrogen-bond acceptors (Lipinski definition) is 4. The molecule has 7 heteroatoms. The number of amides is 1. The Kier molecular flexibility index (Phi) is 5.30. The van der Waals surface area contributed by atoms with Gasteiger partial charge in [0.25, 0.3) is 5.91 Å². The number of Topliss-reactive ketones (excluding diaryl/α,β-unsaturated/α-hetero) is 1. The Hall–Kier alpha value is -2.83. The molecule has 1 fully saturated rings. The maximum absolute atomic E-state index is 13.5. The molecule has 30 heavy (non-hydrogen) atoms. The number of nitrogens with zero attached hydrogens (tertiary/aromatic N) is 1. The number of aryl methyl sites for hydroxylation is 1. The molecule has 1 aliphatic heterocycles. The van der Waals surface area contributed by atoms with Gasteiger partial charge in [-0.15, -0.1) is 0 Å². The molecule has 0 saturated carbocycles. The van der Waals surface area contributed by atoms with Crippen molar-refractivity contribution < 1.29 is 23.9 Å². The first-order valence-corrected chi connectivity index (χ1v) is 10.0. The quantitative estimate of drug-likeness (QED) is 0.743. The second-order valence-electron chi connectivity index (χ2n) is 7.63. The van der Waals surface area contributed by atoms with Crippen LogP contribution in [-0.4, -0.2) is 34.7 Å². The van der Waals surface area contributed by atoms with Gasteiger partial charge in [0.2, 0.25) is 5.60 Å². The first-order chi connectivity index (χ1) is 14.3. The second kappa shape index (κ2) is 7.78. The first kappa shape index (κ1) is 20.4. The summed E-state index contributed by atoms with van der Waals surface area (Å²) in [6.45, 7) is 0.203. The van der Waals surface area contributed by atoms with Gasteiger partial charge in [0.1, 0.15) is 5.82 Å². The van der Waals surface area contributed by atoms with Gasteiger partial charge in [-0.2, -0.15) is 0 Å². The van der Waals surface area contributed by atoms with Gasteiger partial charge in [0, 0.05) is 36.5 Å². The number of fused-ring (bicyclic) bond motifs is 1. The molecule has 2 aromatic rings. The number of rotatable bonds is 5. The molecule has 4 rings (SSSR count). The van der Waals surface area contributed by atoms with Crippen molar-refractivity contribution in [2.24, 2.45) is 0 Å². The fourth-order valence-corrected chi connectivity index (χ4v) is 4.17. The van der Waals surface area contributed by atoms with E-state index in [0.29, 0.717) is 17.7 Å². The molecule has 5 nitrogen and oxygen atoms in total. The molecule has 2 aromatic carbocycles. The van der Waals surface area contributed by atoms with Gasteiger partial charge in [-0.05, 0) is 59.5 Å². The number of carbonyl (C=O) groups excluding carboxylic acids is 3. The van der Waals surface area contributed by atoms with Crippen LogP contribution in [0.25, 0.3) is 6.08 Å². The number of benzene rings is 2. The molecule has 1 N–H and O–H groups in total. The smallest absolute Gasteiger partial charge is 0.266 e. The molecule has 1 heterocycles. The van der Waals surface area contributed by atoms with Gasteiger partial charge in [0.05, 0.1) is 0 Å². The van der Waals surface area contributed by atoms with Crippen molar-refractivity contribution in [3.8, 4) is 0 Å². The third kappa shape index (κ3) is 3.80. The Morgan fingerprint density at radius 2 is 1.97 bits per heavy atom. The van der Waals surface area contributed by atoms with Gasteiger partial charge in [0.15, 0.2) is 11.6 Å². The van der Waals surface area contributed by atoms with Crippen molar-refractivity contribution in [3.05, 3.63) is 70.0 Å². The third-order valence-electron chi connectivity index (χ3n) is 5.58. The lowest BCUT2D eigenvalue weighted by atomic mass is 9.92. The Bertz CT molecular complexity index is 1080. The van der Waals surface area contributed by atoms with Crippen LogP contribution in [0.3, 0.4) is 0 Å². The Balaban J connectivity index is 1.48. The molecular formula is C23H19ClFNO4. The van der Waals surface area contributed by atoms with Gasteiger partial charge in [-0.1, -0.05) is 23.7 Å². The average Bonchev–Trinajstić information content (AvgIpc) is 3.01. The lowest BCUT2D eigenvalue weighted by Gasteiger charge is -2.22. The summed E-state index contributed by atoms with van der Waals surface area (Å²) < 4.78 is 13.5. The van der Waals surface area contributed by atoms with E-state index in [1.807, 2.05) is 0 Å². The van der Waals surface area contributed by atoms with Crippen molar-refractivity contribution in [2.75, 3.05) is 11.4 Å². The summed E-state index contributed by atoms with van der Waals surface area (Å²) in [6, 6.07) is 9.28. The number of ketones is 2. The number of hydrogen-bond donors (Lipinski definition) is 1. The molecule has 2 aliphatic rings. The summed E-state index contributed by atoms with van der Waals surface area (Å²) in [4.78, 5) is 38.5. The van der Waals surface area contributed by atoms with Crippen molar-refractivity contribution in [3.63, 3.8) is 0 Å². The summed E-state index contributed by atoms with van der Waals surface area (Å²) in [5, 5.41) is 11.0.